The first-order valence-electron chi connectivity index (χ1n) is 6.16. The van der Waals surface area contributed by atoms with Crippen LogP contribution in [0, 0.1) is 0 Å². The van der Waals surface area contributed by atoms with Gasteiger partial charge in [0.05, 0.1) is 21.3 Å². The largest absolute Gasteiger partial charge is 0.493 e. The molecule has 0 aliphatic rings. The molecule has 22 heavy (non-hydrogen) atoms. The van der Waals surface area contributed by atoms with Crippen LogP contribution >= 0.6 is 34.8 Å². The lowest BCUT2D eigenvalue weighted by atomic mass is 10.1. The summed E-state index contributed by atoms with van der Waals surface area (Å²) in [7, 11) is 4.64. The first-order chi connectivity index (χ1) is 10.5. The molecule has 0 saturated carbocycles. The van der Waals surface area contributed by atoms with Gasteiger partial charge in [-0.3, -0.25) is 0 Å². The summed E-state index contributed by atoms with van der Waals surface area (Å²) in [5, 5.41) is 0.418. The van der Waals surface area contributed by atoms with Crippen molar-refractivity contribution in [2.24, 2.45) is 0 Å². The van der Waals surface area contributed by atoms with E-state index in [1.165, 1.54) is 0 Å². The minimum absolute atomic E-state index is 0.00337. The Morgan fingerprint density at radius 3 is 1.77 bits per heavy atom. The highest BCUT2D eigenvalue weighted by molar-refractivity contribution is 6.36. The van der Waals surface area contributed by atoms with Crippen molar-refractivity contribution in [1.29, 1.82) is 0 Å². The zero-order valence-corrected chi connectivity index (χ0v) is 14.4. The van der Waals surface area contributed by atoms with Crippen LogP contribution in [0.25, 0.3) is 0 Å². The lowest BCUT2D eigenvalue weighted by molar-refractivity contribution is 0.324. The number of ether oxygens (including phenoxy) is 3. The fourth-order valence-electron chi connectivity index (χ4n) is 1.99. The minimum Gasteiger partial charge on any atom is -0.493 e. The molecule has 2 aromatic rings. The molecule has 0 spiro atoms. The third kappa shape index (κ3) is 3.48. The Hall–Kier alpha value is -1.43. The Morgan fingerprint density at radius 2 is 1.36 bits per heavy atom. The number of hydrogen-bond acceptors (Lipinski definition) is 5. The van der Waals surface area contributed by atoms with Crippen LogP contribution in [-0.2, 0) is 6.42 Å². The smallest absolute Gasteiger partial charge is 0.225 e. The molecule has 1 heterocycles. The summed E-state index contributed by atoms with van der Waals surface area (Å²) in [5.41, 5.74) is 1.42. The van der Waals surface area contributed by atoms with Gasteiger partial charge in [-0.25, -0.2) is 9.97 Å². The molecule has 0 amide bonds. The first-order valence-corrected chi connectivity index (χ1v) is 7.29. The summed E-state index contributed by atoms with van der Waals surface area (Å²) in [6, 6.07) is 3.62. The number of nitrogens with zero attached hydrogens (tertiary/aromatic N) is 2. The number of methoxy groups -OCH3 is 3. The van der Waals surface area contributed by atoms with Crippen LogP contribution < -0.4 is 14.2 Å². The second-order valence-corrected chi connectivity index (χ2v) is 5.32. The number of hydrogen-bond donors (Lipinski definition) is 0. The van der Waals surface area contributed by atoms with E-state index in [9.17, 15) is 0 Å². The monoisotopic (exact) mass is 362 g/mol. The summed E-state index contributed by atoms with van der Waals surface area (Å²) in [6.07, 6.45) is 0.394. The molecule has 8 heteroatoms. The topological polar surface area (TPSA) is 53.5 Å². The Balaban J connectivity index is 2.46. The molecule has 0 atom stereocenters. The zero-order valence-electron chi connectivity index (χ0n) is 12.1. The van der Waals surface area contributed by atoms with Gasteiger partial charge in [0.1, 0.15) is 10.3 Å². The summed E-state index contributed by atoms with van der Waals surface area (Å²) < 4.78 is 15.9. The number of halogens is 3. The van der Waals surface area contributed by atoms with Crippen molar-refractivity contribution in [3.63, 3.8) is 0 Å². The van der Waals surface area contributed by atoms with E-state index in [1.807, 2.05) is 12.1 Å². The van der Waals surface area contributed by atoms with Gasteiger partial charge in [0.15, 0.2) is 11.5 Å². The highest BCUT2D eigenvalue weighted by Crippen LogP contribution is 2.39. The van der Waals surface area contributed by atoms with Crippen LogP contribution in [0.15, 0.2) is 12.1 Å². The molecule has 0 N–H and O–H groups in total. The molecule has 0 saturated heterocycles. The summed E-state index contributed by atoms with van der Waals surface area (Å²) in [6.45, 7) is 0. The van der Waals surface area contributed by atoms with E-state index in [-0.39, 0.29) is 15.6 Å². The van der Waals surface area contributed by atoms with Gasteiger partial charge in [-0.2, -0.15) is 0 Å². The molecular weight excluding hydrogens is 351 g/mol. The van der Waals surface area contributed by atoms with Gasteiger partial charge >= 0.3 is 0 Å². The fourth-order valence-corrected chi connectivity index (χ4v) is 2.77. The molecular formula is C14H13Cl3N2O3. The summed E-state index contributed by atoms with van der Waals surface area (Å²) in [5.74, 6) is 1.59. The molecule has 1 aromatic carbocycles. The van der Waals surface area contributed by atoms with Gasteiger partial charge in [0, 0.05) is 12.0 Å². The second-order valence-electron chi connectivity index (χ2n) is 4.26. The quantitative estimate of drug-likeness (QED) is 0.592. The molecule has 0 unspecified atom stereocenters. The van der Waals surface area contributed by atoms with Crippen LogP contribution in [0.4, 0.5) is 0 Å². The molecule has 0 fully saturated rings. The molecule has 0 radical (unpaired) electrons. The van der Waals surface area contributed by atoms with Crippen LogP contribution in [0.3, 0.4) is 0 Å². The maximum Gasteiger partial charge on any atom is 0.225 e. The van der Waals surface area contributed by atoms with Gasteiger partial charge in [0.2, 0.25) is 11.0 Å². The zero-order chi connectivity index (χ0) is 16.3. The van der Waals surface area contributed by atoms with Crippen LogP contribution in [0.1, 0.15) is 11.1 Å². The van der Waals surface area contributed by atoms with Crippen molar-refractivity contribution in [1.82, 2.24) is 9.97 Å². The van der Waals surface area contributed by atoms with Crippen molar-refractivity contribution in [3.8, 4) is 17.2 Å². The maximum atomic E-state index is 6.08. The molecule has 1 aromatic heterocycles. The number of benzene rings is 1. The van der Waals surface area contributed by atoms with Gasteiger partial charge in [0.25, 0.3) is 0 Å². The first kappa shape index (κ1) is 16.9. The highest BCUT2D eigenvalue weighted by Gasteiger charge is 2.16. The minimum atomic E-state index is 0.00337. The van der Waals surface area contributed by atoms with E-state index < -0.39 is 0 Å². The fraction of sp³-hybridized carbons (Fsp3) is 0.286. The lowest BCUT2D eigenvalue weighted by Crippen LogP contribution is -2.00. The SMILES string of the molecule is COc1cc(Cc2c(Cl)nc(Cl)nc2Cl)cc(OC)c1OC. The van der Waals surface area contributed by atoms with Crippen LogP contribution in [0.5, 0.6) is 17.2 Å². The lowest BCUT2D eigenvalue weighted by Gasteiger charge is -2.14. The average molecular weight is 364 g/mol. The Morgan fingerprint density at radius 1 is 0.864 bits per heavy atom. The van der Waals surface area contributed by atoms with Crippen molar-refractivity contribution in [2.75, 3.05) is 21.3 Å². The Bertz CT molecular complexity index is 647. The van der Waals surface area contributed by atoms with Crippen molar-refractivity contribution in [2.45, 2.75) is 6.42 Å². The van der Waals surface area contributed by atoms with E-state index in [4.69, 9.17) is 49.0 Å². The van der Waals surface area contributed by atoms with Gasteiger partial charge in [-0.1, -0.05) is 23.2 Å². The van der Waals surface area contributed by atoms with Crippen LogP contribution in [0.2, 0.25) is 15.6 Å². The van der Waals surface area contributed by atoms with Crippen molar-refractivity contribution < 1.29 is 14.2 Å². The van der Waals surface area contributed by atoms with Gasteiger partial charge < -0.3 is 14.2 Å². The molecule has 0 bridgehead atoms. The number of aromatic nitrogens is 2. The van der Waals surface area contributed by atoms with Crippen molar-refractivity contribution in [3.05, 3.63) is 38.8 Å². The third-order valence-corrected chi connectivity index (χ3v) is 3.78. The van der Waals surface area contributed by atoms with Crippen molar-refractivity contribution >= 4 is 34.8 Å². The number of rotatable bonds is 5. The van der Waals surface area contributed by atoms with E-state index >= 15 is 0 Å². The molecule has 2 rings (SSSR count). The third-order valence-electron chi connectivity index (χ3n) is 2.98. The van der Waals surface area contributed by atoms with E-state index in [0.717, 1.165) is 5.56 Å². The van der Waals surface area contributed by atoms with E-state index in [0.29, 0.717) is 29.2 Å². The van der Waals surface area contributed by atoms with E-state index in [1.54, 1.807) is 21.3 Å². The molecule has 118 valence electrons. The average Bonchev–Trinajstić information content (AvgIpc) is 2.49. The van der Waals surface area contributed by atoms with Crippen LogP contribution in [-0.4, -0.2) is 31.3 Å². The Kier molecular flexibility index (Phi) is 5.56. The maximum absolute atomic E-state index is 6.08. The molecule has 0 aliphatic heterocycles. The molecule has 0 aliphatic carbocycles. The predicted molar refractivity (Wildman–Crippen MR) is 86.0 cm³/mol. The summed E-state index contributed by atoms with van der Waals surface area (Å²) >= 11 is 17.9. The molecule has 5 nitrogen and oxygen atoms in total. The normalized spacial score (nSPS) is 10.5. The Labute approximate surface area is 143 Å². The second kappa shape index (κ2) is 7.22. The van der Waals surface area contributed by atoms with Gasteiger partial charge in [-0.05, 0) is 29.3 Å². The summed E-state index contributed by atoms with van der Waals surface area (Å²) in [4.78, 5) is 7.80. The predicted octanol–water partition coefficient (Wildman–Crippen LogP) is 4.05. The standard InChI is InChI=1S/C14H13Cl3N2O3/c1-20-9-5-7(6-10(21-2)11(9)22-3)4-8-12(15)18-14(17)19-13(8)16/h5-6H,4H2,1-3H3. The highest BCUT2D eigenvalue weighted by atomic mass is 35.5. The van der Waals surface area contributed by atoms with E-state index in [2.05, 4.69) is 9.97 Å². The van der Waals surface area contributed by atoms with Gasteiger partial charge in [-0.15, -0.1) is 0 Å².